The molecule has 77 heavy (non-hydrogen) atoms. The fraction of sp³-hybridized carbons (Fsp3) is 0.785. The molecule has 12 heteroatoms. The maximum atomic E-state index is 13.1. The van der Waals surface area contributed by atoms with Gasteiger partial charge in [0.1, 0.15) is 18.8 Å². The topological polar surface area (TPSA) is 175 Å². The molecule has 6 unspecified atom stereocenters. The zero-order valence-electron chi connectivity index (χ0n) is 49.0. The molecule has 0 spiro atoms. The van der Waals surface area contributed by atoms with Crippen LogP contribution in [0.25, 0.3) is 0 Å². The largest absolute Gasteiger partial charge is 0.479 e. The average Bonchev–Trinajstić information content (AvgIpc) is 3.42. The van der Waals surface area contributed by atoms with E-state index in [1.807, 2.05) is 0 Å². The van der Waals surface area contributed by atoms with Gasteiger partial charge in [-0.2, -0.15) is 0 Å². The fourth-order valence-electron chi connectivity index (χ4n) is 9.34. The number of aliphatic hydroxyl groups excluding tert-OH is 2. The van der Waals surface area contributed by atoms with Gasteiger partial charge in [0.25, 0.3) is 0 Å². The molecular weight excluding hydrogens is 973 g/mol. The van der Waals surface area contributed by atoms with E-state index in [1.54, 1.807) is 0 Å². The second-order valence-corrected chi connectivity index (χ2v) is 21.3. The van der Waals surface area contributed by atoms with Crippen molar-refractivity contribution in [3.63, 3.8) is 0 Å². The summed E-state index contributed by atoms with van der Waals surface area (Å²) in [4.78, 5) is 51.2. The van der Waals surface area contributed by atoms with E-state index in [9.17, 15) is 34.5 Å². The molecule has 12 nitrogen and oxygen atoms in total. The number of allylic oxidation sites excluding steroid dienone is 10. The van der Waals surface area contributed by atoms with Crippen LogP contribution in [0.1, 0.15) is 278 Å². The maximum Gasteiger partial charge on any atom is 0.335 e. The van der Waals surface area contributed by atoms with E-state index in [4.69, 9.17) is 23.7 Å². The third-order valence-electron chi connectivity index (χ3n) is 14.1. The molecular formula is C65H112O12. The molecule has 444 valence electrons. The lowest BCUT2D eigenvalue weighted by molar-refractivity contribution is -0.301. The van der Waals surface area contributed by atoms with E-state index in [2.05, 4.69) is 81.5 Å². The highest BCUT2D eigenvalue weighted by Gasteiger charge is 2.50. The molecule has 0 aromatic heterocycles. The number of carboxylic acid groups (broad SMARTS) is 1. The normalized spacial score (nSPS) is 18.4. The van der Waals surface area contributed by atoms with Gasteiger partial charge in [0.15, 0.2) is 24.6 Å². The molecule has 0 bridgehead atoms. The zero-order chi connectivity index (χ0) is 56.1. The van der Waals surface area contributed by atoms with Crippen LogP contribution in [0.2, 0.25) is 0 Å². The average molecular weight is 1090 g/mol. The van der Waals surface area contributed by atoms with Gasteiger partial charge in [-0.15, -0.1) is 0 Å². The minimum absolute atomic E-state index is 0.0226. The van der Waals surface area contributed by atoms with Gasteiger partial charge in [-0.3, -0.25) is 14.4 Å². The van der Waals surface area contributed by atoms with Crippen molar-refractivity contribution in [2.45, 2.75) is 314 Å². The summed E-state index contributed by atoms with van der Waals surface area (Å²) in [5.74, 6) is -3.14. The Balaban J connectivity index is 2.65. The Hall–Kier alpha value is -3.58. The number of hydrogen-bond donors (Lipinski definition) is 3. The van der Waals surface area contributed by atoms with Gasteiger partial charge in [-0.25, -0.2) is 4.79 Å². The summed E-state index contributed by atoms with van der Waals surface area (Å²) in [5.41, 5.74) is 0. The van der Waals surface area contributed by atoms with E-state index in [0.29, 0.717) is 19.3 Å². The third kappa shape index (κ3) is 43.0. The van der Waals surface area contributed by atoms with Crippen molar-refractivity contribution in [1.29, 1.82) is 0 Å². The molecule has 1 aliphatic rings. The van der Waals surface area contributed by atoms with Crippen LogP contribution in [0, 0.1) is 0 Å². The van der Waals surface area contributed by atoms with Gasteiger partial charge in [-0.05, 0) is 64.2 Å². The Morgan fingerprint density at radius 2 is 0.818 bits per heavy atom. The number of hydrogen-bond acceptors (Lipinski definition) is 11. The van der Waals surface area contributed by atoms with Crippen molar-refractivity contribution in [3.8, 4) is 0 Å². The third-order valence-corrected chi connectivity index (χ3v) is 14.1. The van der Waals surface area contributed by atoms with Gasteiger partial charge < -0.3 is 39.0 Å². The molecule has 1 rings (SSSR count). The van der Waals surface area contributed by atoms with E-state index >= 15 is 0 Å². The van der Waals surface area contributed by atoms with E-state index in [1.165, 1.54) is 128 Å². The molecule has 1 fully saturated rings. The van der Waals surface area contributed by atoms with Crippen molar-refractivity contribution in [1.82, 2.24) is 0 Å². The second-order valence-electron chi connectivity index (χ2n) is 21.3. The summed E-state index contributed by atoms with van der Waals surface area (Å²) >= 11 is 0. The smallest absolute Gasteiger partial charge is 0.335 e. The molecule has 0 amide bonds. The van der Waals surface area contributed by atoms with E-state index in [-0.39, 0.29) is 25.9 Å². The van der Waals surface area contributed by atoms with E-state index in [0.717, 1.165) is 89.9 Å². The predicted molar refractivity (Wildman–Crippen MR) is 312 cm³/mol. The Bertz CT molecular complexity index is 1570. The molecule has 0 saturated carbocycles. The Morgan fingerprint density at radius 3 is 1.25 bits per heavy atom. The van der Waals surface area contributed by atoms with Gasteiger partial charge in [-0.1, -0.05) is 255 Å². The first-order valence-electron chi connectivity index (χ1n) is 31.3. The number of aliphatic carboxylic acids is 1. The zero-order valence-corrected chi connectivity index (χ0v) is 49.0. The molecule has 0 aromatic rings. The van der Waals surface area contributed by atoms with Crippen molar-refractivity contribution < 1.29 is 58.2 Å². The lowest BCUT2D eigenvalue weighted by Gasteiger charge is -2.40. The number of unbranched alkanes of at least 4 members (excludes halogenated alkanes) is 29. The lowest BCUT2D eigenvalue weighted by Crippen LogP contribution is -2.61. The Morgan fingerprint density at radius 1 is 0.442 bits per heavy atom. The summed E-state index contributed by atoms with van der Waals surface area (Å²) in [6, 6.07) is 0. The number of esters is 3. The number of ether oxygens (including phenoxy) is 5. The van der Waals surface area contributed by atoms with Crippen LogP contribution in [-0.2, 0) is 42.9 Å². The summed E-state index contributed by atoms with van der Waals surface area (Å²) in [6.07, 6.45) is 53.3. The van der Waals surface area contributed by atoms with Crippen LogP contribution in [-0.4, -0.2) is 89.2 Å². The SMILES string of the molecule is CC/C=C\C/C=C\C/C=C\C/C=C\C/C=C\CCCCCC(=O)OC1C(OCC(COC(=O)CCCCCCCCCCCCCCCCCCC)OC(=O)CCCCCCCCCCCCC)OC(C(=O)O)C(O)C1O. The summed E-state index contributed by atoms with van der Waals surface area (Å²) in [7, 11) is 0. The number of carbonyl (C=O) groups is 4. The van der Waals surface area contributed by atoms with Crippen LogP contribution in [0.15, 0.2) is 60.8 Å². The van der Waals surface area contributed by atoms with Crippen molar-refractivity contribution >= 4 is 23.9 Å². The minimum Gasteiger partial charge on any atom is -0.479 e. The second kappa shape index (κ2) is 53.1. The van der Waals surface area contributed by atoms with Crippen LogP contribution < -0.4 is 0 Å². The van der Waals surface area contributed by atoms with Gasteiger partial charge >= 0.3 is 23.9 Å². The highest BCUT2D eigenvalue weighted by Crippen LogP contribution is 2.26. The van der Waals surface area contributed by atoms with Crippen LogP contribution in [0.4, 0.5) is 0 Å². The van der Waals surface area contributed by atoms with Crippen LogP contribution >= 0.6 is 0 Å². The molecule has 0 radical (unpaired) electrons. The Labute approximate surface area is 468 Å². The predicted octanol–water partition coefficient (Wildman–Crippen LogP) is 16.3. The molecule has 0 aromatic carbocycles. The maximum absolute atomic E-state index is 13.1. The quantitative estimate of drug-likeness (QED) is 0.0228. The monoisotopic (exact) mass is 1080 g/mol. The van der Waals surface area contributed by atoms with Crippen molar-refractivity contribution in [3.05, 3.63) is 60.8 Å². The number of carboxylic acids is 1. The van der Waals surface area contributed by atoms with E-state index < -0.39 is 67.3 Å². The standard InChI is InChI=1S/C65H112O12/c1-4-7-10-13-16-19-22-24-26-28-29-31-33-35-38-41-44-47-50-53-59(68)76-63-61(70)60(69)62(64(71)72)77-65(63)74-55-56(75-58(67)52-49-46-43-40-36-21-18-15-12-9-6-3)54-73-57(66)51-48-45-42-39-37-34-32-30-27-25-23-20-17-14-11-8-5-2/h7,10,16,19,24,26,29,31,35,38,56,60-63,65,69-70H,4-6,8-9,11-15,17-18,20-23,25,27-28,30,32-34,36-37,39-55H2,1-3H3,(H,71,72)/b10-7-,19-16-,26-24-,31-29-,38-35-. The number of aliphatic hydroxyl groups is 2. The Kier molecular flexibility index (Phi) is 49.2. The van der Waals surface area contributed by atoms with Crippen molar-refractivity contribution in [2.75, 3.05) is 13.2 Å². The highest BCUT2D eigenvalue weighted by molar-refractivity contribution is 5.74. The number of rotatable bonds is 53. The van der Waals surface area contributed by atoms with Crippen LogP contribution in [0.3, 0.4) is 0 Å². The first-order valence-corrected chi connectivity index (χ1v) is 31.3. The lowest BCUT2D eigenvalue weighted by atomic mass is 9.98. The molecule has 3 N–H and O–H groups in total. The highest BCUT2D eigenvalue weighted by atomic mass is 16.7. The van der Waals surface area contributed by atoms with Gasteiger partial charge in [0, 0.05) is 19.3 Å². The molecule has 0 aliphatic carbocycles. The first-order chi connectivity index (χ1) is 37.6. The van der Waals surface area contributed by atoms with Gasteiger partial charge in [0.2, 0.25) is 0 Å². The number of carbonyl (C=O) groups excluding carboxylic acids is 3. The fourth-order valence-corrected chi connectivity index (χ4v) is 9.34. The molecule has 1 heterocycles. The summed E-state index contributed by atoms with van der Waals surface area (Å²) < 4.78 is 28.4. The van der Waals surface area contributed by atoms with Crippen molar-refractivity contribution in [2.24, 2.45) is 0 Å². The first kappa shape index (κ1) is 71.4. The molecule has 1 saturated heterocycles. The summed E-state index contributed by atoms with van der Waals surface area (Å²) in [5, 5.41) is 31.5. The summed E-state index contributed by atoms with van der Waals surface area (Å²) in [6.45, 7) is 5.89. The van der Waals surface area contributed by atoms with Gasteiger partial charge in [0.05, 0.1) is 6.61 Å². The molecule has 1 aliphatic heterocycles. The minimum atomic E-state index is -1.91. The van der Waals surface area contributed by atoms with Crippen LogP contribution in [0.5, 0.6) is 0 Å². The molecule has 6 atom stereocenters.